The van der Waals surface area contributed by atoms with Gasteiger partial charge in [0.2, 0.25) is 0 Å². The van der Waals surface area contributed by atoms with Crippen molar-refractivity contribution in [2.45, 2.75) is 26.7 Å². The highest BCUT2D eigenvalue weighted by Crippen LogP contribution is 2.16. The van der Waals surface area contributed by atoms with Crippen molar-refractivity contribution in [1.29, 1.82) is 5.41 Å². The molecule has 0 saturated heterocycles. The molecule has 2 aromatic rings. The van der Waals surface area contributed by atoms with E-state index in [9.17, 15) is 0 Å². The Kier molecular flexibility index (Phi) is 3.04. The van der Waals surface area contributed by atoms with Gasteiger partial charge in [-0.25, -0.2) is 4.98 Å². The number of aromatic amines is 1. The monoisotopic (exact) mass is 215 g/mol. The second-order valence-electron chi connectivity index (χ2n) is 4.53. The van der Waals surface area contributed by atoms with Crippen LogP contribution in [0, 0.1) is 11.3 Å². The average molecular weight is 215 g/mol. The summed E-state index contributed by atoms with van der Waals surface area (Å²) in [6.45, 7) is 4.04. The first-order valence-electron chi connectivity index (χ1n) is 5.62. The van der Waals surface area contributed by atoms with Gasteiger partial charge in [-0.15, -0.1) is 0 Å². The zero-order valence-corrected chi connectivity index (χ0v) is 9.75. The van der Waals surface area contributed by atoms with Crippen LogP contribution in [-0.2, 0) is 6.42 Å². The lowest BCUT2D eigenvalue weighted by Crippen LogP contribution is -2.04. The Labute approximate surface area is 95.4 Å². The van der Waals surface area contributed by atoms with E-state index in [-0.39, 0.29) is 0 Å². The maximum atomic E-state index is 7.48. The highest BCUT2D eigenvalue weighted by Gasteiger charge is 2.07. The molecule has 1 unspecified atom stereocenters. The van der Waals surface area contributed by atoms with Gasteiger partial charge < -0.3 is 10.4 Å². The molecule has 2 aromatic heterocycles. The molecule has 2 heterocycles. The minimum atomic E-state index is 0.505. The Morgan fingerprint density at radius 3 is 3.06 bits per heavy atom. The summed E-state index contributed by atoms with van der Waals surface area (Å²) in [6, 6.07) is 6.16. The molecular weight excluding hydrogens is 198 g/mol. The van der Waals surface area contributed by atoms with E-state index < -0.39 is 0 Å². The molecule has 2 N–H and O–H groups in total. The van der Waals surface area contributed by atoms with Gasteiger partial charge >= 0.3 is 0 Å². The van der Waals surface area contributed by atoms with E-state index in [1.807, 2.05) is 13.0 Å². The maximum absolute atomic E-state index is 7.48. The summed E-state index contributed by atoms with van der Waals surface area (Å²) in [5.74, 6) is 0.505. The quantitative estimate of drug-likeness (QED) is 0.756. The molecular formula is C13H17N3. The smallest absolute Gasteiger partial charge is 0.137 e. The highest BCUT2D eigenvalue weighted by molar-refractivity contribution is 5.79. The minimum Gasteiger partial charge on any atom is -0.343 e. The molecule has 0 saturated carbocycles. The molecule has 3 nitrogen and oxygen atoms in total. The molecule has 0 spiro atoms. The number of rotatable bonds is 4. The third-order valence-electron chi connectivity index (χ3n) is 2.67. The standard InChI is InChI=1S/C13H17N3/c1-9(6-10(2)14)7-12-8-11-4-3-5-15-13(11)16-12/h3-5,8-9,14H,6-7H2,1-2H3,(H,15,16). The summed E-state index contributed by atoms with van der Waals surface area (Å²) in [5, 5.41) is 8.64. The Hall–Kier alpha value is -1.64. The molecule has 3 heteroatoms. The fraction of sp³-hybridized carbons (Fsp3) is 0.385. The fourth-order valence-electron chi connectivity index (χ4n) is 2.09. The van der Waals surface area contributed by atoms with Gasteiger partial charge in [0.1, 0.15) is 5.65 Å². The van der Waals surface area contributed by atoms with Crippen LogP contribution >= 0.6 is 0 Å². The molecule has 0 fully saturated rings. The van der Waals surface area contributed by atoms with Crippen molar-refractivity contribution < 1.29 is 0 Å². The molecule has 1 atom stereocenters. The summed E-state index contributed by atoms with van der Waals surface area (Å²) in [4.78, 5) is 7.59. The van der Waals surface area contributed by atoms with Crippen LogP contribution in [0.2, 0.25) is 0 Å². The molecule has 2 rings (SSSR count). The van der Waals surface area contributed by atoms with Crippen molar-refractivity contribution in [3.8, 4) is 0 Å². The zero-order valence-electron chi connectivity index (χ0n) is 9.75. The second kappa shape index (κ2) is 4.47. The fourth-order valence-corrected chi connectivity index (χ4v) is 2.09. The Morgan fingerprint density at radius 1 is 1.56 bits per heavy atom. The van der Waals surface area contributed by atoms with E-state index in [4.69, 9.17) is 5.41 Å². The normalized spacial score (nSPS) is 12.9. The lowest BCUT2D eigenvalue weighted by molar-refractivity contribution is 0.596. The van der Waals surface area contributed by atoms with Gasteiger partial charge in [0.15, 0.2) is 0 Å². The third kappa shape index (κ3) is 2.48. The lowest BCUT2D eigenvalue weighted by Gasteiger charge is -2.08. The van der Waals surface area contributed by atoms with Crippen molar-refractivity contribution >= 4 is 16.7 Å². The van der Waals surface area contributed by atoms with Gasteiger partial charge in [-0.2, -0.15) is 0 Å². The van der Waals surface area contributed by atoms with Gasteiger partial charge in [0.25, 0.3) is 0 Å². The topological polar surface area (TPSA) is 52.5 Å². The van der Waals surface area contributed by atoms with Crippen molar-refractivity contribution in [3.63, 3.8) is 0 Å². The van der Waals surface area contributed by atoms with Gasteiger partial charge in [-0.05, 0) is 43.9 Å². The van der Waals surface area contributed by atoms with Crippen LogP contribution in [0.5, 0.6) is 0 Å². The number of nitrogens with one attached hydrogen (secondary N) is 2. The molecule has 16 heavy (non-hydrogen) atoms. The molecule has 0 radical (unpaired) electrons. The van der Waals surface area contributed by atoms with Crippen LogP contribution < -0.4 is 0 Å². The summed E-state index contributed by atoms with van der Waals surface area (Å²) < 4.78 is 0. The minimum absolute atomic E-state index is 0.505. The van der Waals surface area contributed by atoms with E-state index in [1.165, 1.54) is 5.69 Å². The molecule has 0 aromatic carbocycles. The van der Waals surface area contributed by atoms with Crippen LogP contribution in [0.4, 0.5) is 0 Å². The van der Waals surface area contributed by atoms with Crippen LogP contribution in [0.1, 0.15) is 26.0 Å². The number of hydrogen-bond acceptors (Lipinski definition) is 2. The largest absolute Gasteiger partial charge is 0.343 e. The average Bonchev–Trinajstić information content (AvgIpc) is 2.57. The first kappa shape index (κ1) is 10.9. The van der Waals surface area contributed by atoms with E-state index >= 15 is 0 Å². The van der Waals surface area contributed by atoms with Gasteiger partial charge in [0, 0.05) is 23.0 Å². The van der Waals surface area contributed by atoms with E-state index in [0.717, 1.165) is 29.6 Å². The highest BCUT2D eigenvalue weighted by atomic mass is 14.8. The Morgan fingerprint density at radius 2 is 2.38 bits per heavy atom. The van der Waals surface area contributed by atoms with Crippen LogP contribution in [0.25, 0.3) is 11.0 Å². The van der Waals surface area contributed by atoms with E-state index in [2.05, 4.69) is 29.0 Å². The number of pyridine rings is 1. The lowest BCUT2D eigenvalue weighted by atomic mass is 9.99. The third-order valence-corrected chi connectivity index (χ3v) is 2.67. The summed E-state index contributed by atoms with van der Waals surface area (Å²) >= 11 is 0. The predicted molar refractivity (Wildman–Crippen MR) is 67.0 cm³/mol. The second-order valence-corrected chi connectivity index (χ2v) is 4.53. The molecule has 84 valence electrons. The number of H-pyrrole nitrogens is 1. The van der Waals surface area contributed by atoms with Crippen molar-refractivity contribution in [1.82, 2.24) is 9.97 Å². The number of hydrogen-bond donors (Lipinski definition) is 2. The van der Waals surface area contributed by atoms with Crippen molar-refractivity contribution in [3.05, 3.63) is 30.1 Å². The van der Waals surface area contributed by atoms with Crippen LogP contribution in [0.3, 0.4) is 0 Å². The van der Waals surface area contributed by atoms with Gasteiger partial charge in [0.05, 0.1) is 0 Å². The molecule has 0 aliphatic carbocycles. The Balaban J connectivity index is 2.12. The molecule has 0 aliphatic rings. The number of nitrogens with zero attached hydrogens (tertiary/aromatic N) is 1. The van der Waals surface area contributed by atoms with Crippen molar-refractivity contribution in [2.24, 2.45) is 5.92 Å². The maximum Gasteiger partial charge on any atom is 0.137 e. The first-order chi connectivity index (χ1) is 7.65. The first-order valence-corrected chi connectivity index (χ1v) is 5.62. The van der Waals surface area contributed by atoms with Gasteiger partial charge in [-0.3, -0.25) is 0 Å². The van der Waals surface area contributed by atoms with Crippen molar-refractivity contribution in [2.75, 3.05) is 0 Å². The Bertz CT molecular complexity index is 466. The van der Waals surface area contributed by atoms with E-state index in [1.54, 1.807) is 6.20 Å². The summed E-state index contributed by atoms with van der Waals surface area (Å²) in [5.41, 5.74) is 2.92. The van der Waals surface area contributed by atoms with E-state index in [0.29, 0.717) is 5.92 Å². The molecule has 0 bridgehead atoms. The molecule has 0 aliphatic heterocycles. The van der Waals surface area contributed by atoms with Gasteiger partial charge in [-0.1, -0.05) is 6.92 Å². The summed E-state index contributed by atoms with van der Waals surface area (Å²) in [7, 11) is 0. The predicted octanol–water partition coefficient (Wildman–Crippen LogP) is 3.17. The number of aromatic nitrogens is 2. The zero-order chi connectivity index (χ0) is 11.5. The SMILES string of the molecule is CC(=N)CC(C)Cc1cc2cccnc2[nH]1. The summed E-state index contributed by atoms with van der Waals surface area (Å²) in [6.07, 6.45) is 3.64. The molecule has 0 amide bonds. The number of fused-ring (bicyclic) bond motifs is 1. The van der Waals surface area contributed by atoms with Crippen LogP contribution in [-0.4, -0.2) is 15.7 Å². The van der Waals surface area contributed by atoms with Crippen LogP contribution in [0.15, 0.2) is 24.4 Å².